The van der Waals surface area contributed by atoms with E-state index in [-0.39, 0.29) is 5.56 Å². The van der Waals surface area contributed by atoms with Crippen molar-refractivity contribution in [2.24, 2.45) is 0 Å². The molecule has 1 N–H and O–H groups in total. The number of carbonyl (C=O) groups excluding carboxylic acids is 1. The number of pyridine rings is 1. The number of hydrogen-bond donors (Lipinski definition) is 1. The Morgan fingerprint density at radius 1 is 1.04 bits per heavy atom. The molecule has 138 valence electrons. The third-order valence-electron chi connectivity index (χ3n) is 4.11. The van der Waals surface area contributed by atoms with Gasteiger partial charge in [0.05, 0.1) is 12.0 Å². The molecule has 0 atom stereocenters. The van der Waals surface area contributed by atoms with Gasteiger partial charge in [-0.15, -0.1) is 0 Å². The zero-order valence-electron chi connectivity index (χ0n) is 14.7. The van der Waals surface area contributed by atoms with Gasteiger partial charge in [0.2, 0.25) is 11.7 Å². The molecule has 0 unspecified atom stereocenters. The molecular formula is C21H15FN4O2. The summed E-state index contributed by atoms with van der Waals surface area (Å²) in [6.07, 6.45) is 3.64. The minimum atomic E-state index is -0.574. The van der Waals surface area contributed by atoms with Gasteiger partial charge in [-0.3, -0.25) is 9.78 Å². The van der Waals surface area contributed by atoms with E-state index in [1.807, 2.05) is 18.2 Å². The highest BCUT2D eigenvalue weighted by Gasteiger charge is 2.15. The summed E-state index contributed by atoms with van der Waals surface area (Å²) in [5.41, 5.74) is 2.05. The minimum Gasteiger partial charge on any atom is -0.339 e. The van der Waals surface area contributed by atoms with Gasteiger partial charge in [-0.25, -0.2) is 4.39 Å². The molecule has 0 aliphatic rings. The first kappa shape index (κ1) is 17.5. The van der Waals surface area contributed by atoms with Gasteiger partial charge in [-0.2, -0.15) is 4.98 Å². The maximum atomic E-state index is 13.9. The van der Waals surface area contributed by atoms with E-state index in [1.165, 1.54) is 18.2 Å². The van der Waals surface area contributed by atoms with Crippen molar-refractivity contribution in [1.29, 1.82) is 0 Å². The van der Waals surface area contributed by atoms with E-state index in [4.69, 9.17) is 4.52 Å². The Balaban J connectivity index is 1.55. The van der Waals surface area contributed by atoms with Crippen LogP contribution in [0.1, 0.15) is 21.8 Å². The van der Waals surface area contributed by atoms with E-state index in [9.17, 15) is 9.18 Å². The average molecular weight is 374 g/mol. The van der Waals surface area contributed by atoms with Crippen LogP contribution in [-0.4, -0.2) is 21.0 Å². The van der Waals surface area contributed by atoms with Crippen LogP contribution >= 0.6 is 0 Å². The van der Waals surface area contributed by atoms with Crippen molar-refractivity contribution in [3.8, 4) is 11.4 Å². The van der Waals surface area contributed by atoms with E-state index >= 15 is 0 Å². The predicted octanol–water partition coefficient (Wildman–Crippen LogP) is 4.11. The molecule has 0 aliphatic heterocycles. The van der Waals surface area contributed by atoms with E-state index < -0.39 is 11.7 Å². The third kappa shape index (κ3) is 3.78. The van der Waals surface area contributed by atoms with Crippen LogP contribution in [0.3, 0.4) is 0 Å². The van der Waals surface area contributed by atoms with Crippen LogP contribution in [0.4, 0.5) is 10.1 Å². The van der Waals surface area contributed by atoms with Gasteiger partial charge < -0.3 is 9.84 Å². The number of rotatable bonds is 5. The highest BCUT2D eigenvalue weighted by atomic mass is 19.1. The zero-order valence-corrected chi connectivity index (χ0v) is 14.7. The van der Waals surface area contributed by atoms with Crippen LogP contribution in [0.5, 0.6) is 0 Å². The first-order valence-corrected chi connectivity index (χ1v) is 8.57. The van der Waals surface area contributed by atoms with Crippen molar-refractivity contribution in [1.82, 2.24) is 15.1 Å². The summed E-state index contributed by atoms with van der Waals surface area (Å²) in [6.45, 7) is 0. The second-order valence-corrected chi connectivity index (χ2v) is 6.02. The molecule has 0 bridgehead atoms. The molecule has 0 radical (unpaired) electrons. The maximum absolute atomic E-state index is 13.9. The fraction of sp³-hybridized carbons (Fsp3) is 0.0476. The quantitative estimate of drug-likeness (QED) is 0.568. The van der Waals surface area contributed by atoms with Crippen LogP contribution < -0.4 is 5.32 Å². The van der Waals surface area contributed by atoms with Crippen LogP contribution in [0.15, 0.2) is 77.6 Å². The lowest BCUT2D eigenvalue weighted by molar-refractivity contribution is 0.102. The van der Waals surface area contributed by atoms with Crippen LogP contribution in [0.25, 0.3) is 11.4 Å². The lowest BCUT2D eigenvalue weighted by atomic mass is 10.1. The molecule has 0 spiro atoms. The monoisotopic (exact) mass is 374 g/mol. The predicted molar refractivity (Wildman–Crippen MR) is 101 cm³/mol. The molecule has 2 aromatic carbocycles. The molecule has 7 heteroatoms. The van der Waals surface area contributed by atoms with E-state index in [1.54, 1.807) is 36.7 Å². The molecule has 0 fully saturated rings. The zero-order chi connectivity index (χ0) is 19.3. The Labute approximate surface area is 160 Å². The molecule has 0 saturated carbocycles. The van der Waals surface area contributed by atoms with Gasteiger partial charge in [-0.05, 0) is 35.9 Å². The minimum absolute atomic E-state index is 0.0195. The summed E-state index contributed by atoms with van der Waals surface area (Å²) < 4.78 is 19.2. The summed E-state index contributed by atoms with van der Waals surface area (Å²) >= 11 is 0. The van der Waals surface area contributed by atoms with Gasteiger partial charge in [-0.1, -0.05) is 35.5 Å². The SMILES string of the molecule is O=C(Nc1ccccc1Cc1nc(-c2cccnc2)no1)c1ccccc1F. The third-order valence-corrected chi connectivity index (χ3v) is 4.11. The number of anilines is 1. The normalized spacial score (nSPS) is 10.6. The van der Waals surface area contributed by atoms with Crippen molar-refractivity contribution in [3.63, 3.8) is 0 Å². The second-order valence-electron chi connectivity index (χ2n) is 6.02. The average Bonchev–Trinajstić information content (AvgIpc) is 3.19. The number of benzene rings is 2. The van der Waals surface area contributed by atoms with Gasteiger partial charge >= 0.3 is 0 Å². The van der Waals surface area contributed by atoms with E-state index in [2.05, 4.69) is 20.4 Å². The highest BCUT2D eigenvalue weighted by molar-refractivity contribution is 6.04. The van der Waals surface area contributed by atoms with Crippen LogP contribution in [0, 0.1) is 5.82 Å². The molecule has 28 heavy (non-hydrogen) atoms. The molecule has 4 aromatic rings. The number of nitrogens with zero attached hydrogens (tertiary/aromatic N) is 3. The largest absolute Gasteiger partial charge is 0.339 e. The Morgan fingerprint density at radius 3 is 2.68 bits per heavy atom. The number of nitrogens with one attached hydrogen (secondary N) is 1. The molecular weight excluding hydrogens is 359 g/mol. The van der Waals surface area contributed by atoms with Gasteiger partial charge in [0.25, 0.3) is 5.91 Å². The second kappa shape index (κ2) is 7.79. The van der Waals surface area contributed by atoms with Crippen LogP contribution in [-0.2, 0) is 6.42 Å². The summed E-state index contributed by atoms with van der Waals surface area (Å²) in [4.78, 5) is 20.8. The Kier molecular flexibility index (Phi) is 4.88. The molecule has 2 heterocycles. The first-order chi connectivity index (χ1) is 13.7. The van der Waals surface area contributed by atoms with Crippen LogP contribution in [0.2, 0.25) is 0 Å². The highest BCUT2D eigenvalue weighted by Crippen LogP contribution is 2.21. The fourth-order valence-corrected chi connectivity index (χ4v) is 2.73. The lowest BCUT2D eigenvalue weighted by Crippen LogP contribution is -2.15. The Bertz CT molecular complexity index is 1110. The van der Waals surface area contributed by atoms with Gasteiger partial charge in [0, 0.05) is 23.6 Å². The van der Waals surface area contributed by atoms with Crippen molar-refractivity contribution >= 4 is 11.6 Å². The summed E-state index contributed by atoms with van der Waals surface area (Å²) in [6, 6.07) is 16.7. The number of hydrogen-bond acceptors (Lipinski definition) is 5. The molecule has 4 rings (SSSR count). The fourth-order valence-electron chi connectivity index (χ4n) is 2.73. The lowest BCUT2D eigenvalue weighted by Gasteiger charge is -2.10. The number of para-hydroxylation sites is 1. The van der Waals surface area contributed by atoms with Crippen molar-refractivity contribution in [2.75, 3.05) is 5.32 Å². The van der Waals surface area contributed by atoms with Gasteiger partial charge in [0.15, 0.2) is 0 Å². The number of amides is 1. The smallest absolute Gasteiger partial charge is 0.258 e. The summed E-state index contributed by atoms with van der Waals surface area (Å²) in [7, 11) is 0. The Hall–Kier alpha value is -3.87. The standard InChI is InChI=1S/C21H15FN4O2/c22-17-9-3-2-8-16(17)21(27)24-18-10-4-1-6-14(18)12-19-25-20(26-28-19)15-7-5-11-23-13-15/h1-11,13H,12H2,(H,24,27). The van der Waals surface area contributed by atoms with Gasteiger partial charge in [0.1, 0.15) is 5.82 Å². The molecule has 2 aromatic heterocycles. The summed E-state index contributed by atoms with van der Waals surface area (Å²) in [5.74, 6) is -0.259. The molecule has 6 nitrogen and oxygen atoms in total. The van der Waals surface area contributed by atoms with E-state index in [0.717, 1.165) is 11.1 Å². The molecule has 0 aliphatic carbocycles. The van der Waals surface area contributed by atoms with E-state index in [0.29, 0.717) is 23.8 Å². The summed E-state index contributed by atoms with van der Waals surface area (Å²) in [5, 5.41) is 6.72. The van der Waals surface area contributed by atoms with Crippen molar-refractivity contribution in [3.05, 3.63) is 95.9 Å². The Morgan fingerprint density at radius 2 is 1.86 bits per heavy atom. The van der Waals surface area contributed by atoms with Crippen molar-refractivity contribution < 1.29 is 13.7 Å². The number of aromatic nitrogens is 3. The topological polar surface area (TPSA) is 80.9 Å². The van der Waals surface area contributed by atoms with Crippen molar-refractivity contribution in [2.45, 2.75) is 6.42 Å². The number of halogens is 1. The maximum Gasteiger partial charge on any atom is 0.258 e. The molecule has 1 amide bonds. The number of carbonyl (C=O) groups is 1. The molecule has 0 saturated heterocycles. The first-order valence-electron chi connectivity index (χ1n) is 8.57.